The van der Waals surface area contributed by atoms with Gasteiger partial charge in [0.1, 0.15) is 39.8 Å². The number of anilines is 1. The van der Waals surface area contributed by atoms with Crippen molar-refractivity contribution in [2.45, 2.75) is 13.8 Å². The number of aryl methyl sites for hydroxylation is 2. The maximum Gasteiger partial charge on any atom is 0.349 e. The molecule has 8 nitrogen and oxygen atoms in total. The SMILES string of the molecule is Cc1onc(-c2ccccc2)c1C(=O)Nc1ccc(OC(=O)c2c(-c3ccccc3)noc2C)cc1. The number of aromatic nitrogens is 2. The Balaban J connectivity index is 1.31. The molecule has 0 atom stereocenters. The summed E-state index contributed by atoms with van der Waals surface area (Å²) < 4.78 is 16.1. The van der Waals surface area contributed by atoms with Crippen LogP contribution in [0.5, 0.6) is 5.75 Å². The van der Waals surface area contributed by atoms with Crippen LogP contribution >= 0.6 is 0 Å². The Morgan fingerprint density at radius 2 is 1.19 bits per heavy atom. The number of carbonyl (C=O) groups excluding carboxylic acids is 2. The zero-order chi connectivity index (χ0) is 25.1. The van der Waals surface area contributed by atoms with Crippen molar-refractivity contribution in [3.63, 3.8) is 0 Å². The minimum atomic E-state index is -0.586. The summed E-state index contributed by atoms with van der Waals surface area (Å²) in [5.41, 5.74) is 3.54. The average Bonchev–Trinajstić information content (AvgIpc) is 3.49. The van der Waals surface area contributed by atoms with Crippen LogP contribution in [0.2, 0.25) is 0 Å². The Morgan fingerprint density at radius 1 is 0.694 bits per heavy atom. The van der Waals surface area contributed by atoms with E-state index < -0.39 is 5.97 Å². The Kier molecular flexibility index (Phi) is 6.15. The number of hydrogen-bond donors (Lipinski definition) is 1. The van der Waals surface area contributed by atoms with Crippen molar-refractivity contribution in [2.75, 3.05) is 5.32 Å². The molecule has 178 valence electrons. The van der Waals surface area contributed by atoms with Gasteiger partial charge in [-0.3, -0.25) is 4.79 Å². The second-order valence-electron chi connectivity index (χ2n) is 8.02. The standard InChI is InChI=1S/C28H21N3O5/c1-17-23(25(30-35-17)19-9-5-3-6-10-19)27(32)29-21-13-15-22(16-14-21)34-28(33)24-18(2)36-31-26(24)20-11-7-4-8-12-20/h3-16H,1-2H3,(H,29,32). The minimum absolute atomic E-state index is 0.259. The Labute approximate surface area is 206 Å². The Hall–Kier alpha value is -4.98. The summed E-state index contributed by atoms with van der Waals surface area (Å²) in [6.07, 6.45) is 0. The van der Waals surface area contributed by atoms with Gasteiger partial charge >= 0.3 is 5.97 Å². The molecule has 1 N–H and O–H groups in total. The van der Waals surface area contributed by atoms with Crippen molar-refractivity contribution < 1.29 is 23.4 Å². The van der Waals surface area contributed by atoms with Crippen molar-refractivity contribution in [3.8, 4) is 28.3 Å². The molecule has 0 aliphatic rings. The monoisotopic (exact) mass is 479 g/mol. The van der Waals surface area contributed by atoms with E-state index in [1.54, 1.807) is 38.1 Å². The van der Waals surface area contributed by atoms with Gasteiger partial charge in [-0.15, -0.1) is 0 Å². The fourth-order valence-electron chi connectivity index (χ4n) is 3.80. The Morgan fingerprint density at radius 3 is 1.75 bits per heavy atom. The maximum absolute atomic E-state index is 13.0. The van der Waals surface area contributed by atoms with E-state index in [1.165, 1.54) is 0 Å². The van der Waals surface area contributed by atoms with Crippen molar-refractivity contribution >= 4 is 17.6 Å². The lowest BCUT2D eigenvalue weighted by Gasteiger charge is -2.08. The van der Waals surface area contributed by atoms with Crippen molar-refractivity contribution in [3.05, 3.63) is 108 Å². The predicted molar refractivity (Wildman–Crippen MR) is 133 cm³/mol. The number of benzene rings is 3. The molecule has 0 aliphatic carbocycles. The first-order chi connectivity index (χ1) is 17.5. The van der Waals surface area contributed by atoms with E-state index in [4.69, 9.17) is 13.8 Å². The molecule has 0 aliphatic heterocycles. The molecule has 0 bridgehead atoms. The smallest absolute Gasteiger partial charge is 0.349 e. The molecule has 0 fully saturated rings. The van der Waals surface area contributed by atoms with E-state index in [9.17, 15) is 9.59 Å². The first-order valence-corrected chi connectivity index (χ1v) is 11.2. The second-order valence-corrected chi connectivity index (χ2v) is 8.02. The molecule has 5 aromatic rings. The van der Waals surface area contributed by atoms with Gasteiger partial charge in [0, 0.05) is 16.8 Å². The molecular weight excluding hydrogens is 458 g/mol. The highest BCUT2D eigenvalue weighted by atomic mass is 16.5. The summed E-state index contributed by atoms with van der Waals surface area (Å²) in [4.78, 5) is 25.9. The molecule has 1 amide bonds. The maximum atomic E-state index is 13.0. The van der Waals surface area contributed by atoms with Crippen LogP contribution in [0.4, 0.5) is 5.69 Å². The van der Waals surface area contributed by atoms with Crippen LogP contribution in [0.25, 0.3) is 22.5 Å². The summed E-state index contributed by atoms with van der Waals surface area (Å²) in [5, 5.41) is 10.9. The highest BCUT2D eigenvalue weighted by Gasteiger charge is 2.24. The van der Waals surface area contributed by atoms with Crippen molar-refractivity contribution in [2.24, 2.45) is 0 Å². The van der Waals surface area contributed by atoms with E-state index in [0.717, 1.165) is 11.1 Å². The molecule has 8 heteroatoms. The van der Waals surface area contributed by atoms with Crippen LogP contribution in [-0.4, -0.2) is 22.2 Å². The lowest BCUT2D eigenvalue weighted by Crippen LogP contribution is -2.14. The molecule has 0 saturated carbocycles. The van der Waals surface area contributed by atoms with E-state index in [0.29, 0.717) is 39.9 Å². The zero-order valence-electron chi connectivity index (χ0n) is 19.5. The van der Waals surface area contributed by atoms with Gasteiger partial charge in [-0.1, -0.05) is 71.0 Å². The van der Waals surface area contributed by atoms with E-state index in [1.807, 2.05) is 60.7 Å². The van der Waals surface area contributed by atoms with E-state index in [-0.39, 0.29) is 11.5 Å². The lowest BCUT2D eigenvalue weighted by molar-refractivity contribution is 0.0733. The van der Waals surface area contributed by atoms with Gasteiger partial charge in [0.05, 0.1) is 0 Å². The molecule has 2 aromatic heterocycles. The molecule has 5 rings (SSSR count). The quantitative estimate of drug-likeness (QED) is 0.232. The fraction of sp³-hybridized carbons (Fsp3) is 0.0714. The van der Waals surface area contributed by atoms with Gasteiger partial charge < -0.3 is 19.1 Å². The average molecular weight is 479 g/mol. The van der Waals surface area contributed by atoms with Crippen LogP contribution in [-0.2, 0) is 0 Å². The number of ether oxygens (including phenoxy) is 1. The van der Waals surface area contributed by atoms with Crippen LogP contribution in [0.3, 0.4) is 0 Å². The number of nitrogens with one attached hydrogen (secondary N) is 1. The Bertz CT molecular complexity index is 1400. The van der Waals surface area contributed by atoms with E-state index >= 15 is 0 Å². The number of rotatable bonds is 6. The summed E-state index contributed by atoms with van der Waals surface area (Å²) in [6, 6.07) is 25.1. The largest absolute Gasteiger partial charge is 0.423 e. The van der Waals surface area contributed by atoms with Crippen molar-refractivity contribution in [1.82, 2.24) is 10.3 Å². The molecule has 0 spiro atoms. The third-order valence-corrected chi connectivity index (χ3v) is 5.57. The van der Waals surface area contributed by atoms with Gasteiger partial charge in [0.2, 0.25) is 0 Å². The third-order valence-electron chi connectivity index (χ3n) is 5.57. The first-order valence-electron chi connectivity index (χ1n) is 11.2. The molecule has 0 unspecified atom stereocenters. The highest BCUT2D eigenvalue weighted by Crippen LogP contribution is 2.28. The van der Waals surface area contributed by atoms with Gasteiger partial charge in [-0.2, -0.15) is 0 Å². The van der Waals surface area contributed by atoms with Gasteiger partial charge in [-0.05, 0) is 38.1 Å². The van der Waals surface area contributed by atoms with E-state index in [2.05, 4.69) is 15.6 Å². The number of nitrogens with zero attached hydrogens (tertiary/aromatic N) is 2. The fourth-order valence-corrected chi connectivity index (χ4v) is 3.80. The molecular formula is C28H21N3O5. The first kappa shape index (κ1) is 22.8. The molecule has 2 heterocycles. The van der Waals surface area contributed by atoms with Crippen molar-refractivity contribution in [1.29, 1.82) is 0 Å². The highest BCUT2D eigenvalue weighted by molar-refractivity contribution is 6.08. The van der Waals surface area contributed by atoms with Crippen LogP contribution < -0.4 is 10.1 Å². The third kappa shape index (κ3) is 4.52. The van der Waals surface area contributed by atoms with Gasteiger partial charge in [0.15, 0.2) is 0 Å². The summed E-state index contributed by atoms with van der Waals surface area (Å²) >= 11 is 0. The van der Waals surface area contributed by atoms with Gasteiger partial charge in [-0.25, -0.2) is 4.79 Å². The number of carbonyl (C=O) groups is 2. The summed E-state index contributed by atoms with van der Waals surface area (Å²) in [7, 11) is 0. The van der Waals surface area contributed by atoms with Gasteiger partial charge in [0.25, 0.3) is 5.91 Å². The second kappa shape index (κ2) is 9.71. The summed E-state index contributed by atoms with van der Waals surface area (Å²) in [5.74, 6) is 0.141. The topological polar surface area (TPSA) is 107 Å². The summed E-state index contributed by atoms with van der Waals surface area (Å²) in [6.45, 7) is 3.35. The van der Waals surface area contributed by atoms with Crippen LogP contribution in [0.15, 0.2) is 94.0 Å². The zero-order valence-corrected chi connectivity index (χ0v) is 19.5. The van der Waals surface area contributed by atoms with Crippen LogP contribution in [0, 0.1) is 13.8 Å². The number of esters is 1. The minimum Gasteiger partial charge on any atom is -0.423 e. The number of amides is 1. The predicted octanol–water partition coefficient (Wildman–Crippen LogP) is 6.08. The molecule has 3 aromatic carbocycles. The molecule has 36 heavy (non-hydrogen) atoms. The molecule has 0 radical (unpaired) electrons. The normalized spacial score (nSPS) is 10.7. The molecule has 0 saturated heterocycles. The van der Waals surface area contributed by atoms with Crippen LogP contribution in [0.1, 0.15) is 32.2 Å². The number of hydrogen-bond acceptors (Lipinski definition) is 7. The lowest BCUT2D eigenvalue weighted by atomic mass is 10.1.